The Morgan fingerprint density at radius 3 is 2.53 bits per heavy atom. The third-order valence-corrected chi connectivity index (χ3v) is 3.32. The first-order valence-electron chi connectivity index (χ1n) is 6.69. The number of aliphatic hydroxyl groups excluding tert-OH is 1. The number of nitrogens with zero attached hydrogens (tertiary/aromatic N) is 1. The van der Waals surface area contributed by atoms with Crippen LogP contribution < -0.4 is 5.32 Å². The molecule has 1 heterocycles. The third kappa shape index (κ3) is 4.94. The Hall–Kier alpha value is -0.770. The van der Waals surface area contributed by atoms with Crippen LogP contribution in [0.25, 0.3) is 0 Å². The van der Waals surface area contributed by atoms with Crippen LogP contribution in [0.5, 0.6) is 0 Å². The van der Waals surface area contributed by atoms with Gasteiger partial charge in [-0.25, -0.2) is 4.79 Å². The van der Waals surface area contributed by atoms with Crippen LogP contribution in [0.2, 0.25) is 0 Å². The molecule has 0 radical (unpaired) electrons. The topological polar surface area (TPSA) is 52.6 Å². The van der Waals surface area contributed by atoms with Gasteiger partial charge in [-0.05, 0) is 38.0 Å². The van der Waals surface area contributed by atoms with Gasteiger partial charge in [0, 0.05) is 25.7 Å². The van der Waals surface area contributed by atoms with Crippen molar-refractivity contribution in [1.29, 1.82) is 0 Å². The minimum absolute atomic E-state index is 0.0499. The summed E-state index contributed by atoms with van der Waals surface area (Å²) in [6, 6.07) is 0.191. The zero-order valence-electron chi connectivity index (χ0n) is 11.3. The smallest absolute Gasteiger partial charge is 0.317 e. The number of aliphatic hydroxyl groups is 1. The molecule has 3 atom stereocenters. The molecule has 0 saturated carbocycles. The lowest BCUT2D eigenvalue weighted by molar-refractivity contribution is 0.143. The average Bonchev–Trinajstić information content (AvgIpc) is 2.25. The zero-order chi connectivity index (χ0) is 12.8. The number of likely N-dealkylation sites (tertiary alicyclic amines) is 1. The molecule has 100 valence electrons. The second-order valence-corrected chi connectivity index (χ2v) is 5.57. The van der Waals surface area contributed by atoms with Crippen molar-refractivity contribution in [3.63, 3.8) is 0 Å². The SMILES string of the molecule is CC1CC(C)CN(C(=O)NC(C)CCCO)C1. The number of hydrogen-bond acceptors (Lipinski definition) is 2. The Kier molecular flexibility index (Phi) is 5.75. The van der Waals surface area contributed by atoms with E-state index in [9.17, 15) is 4.79 Å². The van der Waals surface area contributed by atoms with E-state index in [0.29, 0.717) is 11.8 Å². The number of nitrogens with one attached hydrogen (secondary N) is 1. The molecule has 2 N–H and O–H groups in total. The highest BCUT2D eigenvalue weighted by atomic mass is 16.3. The molecule has 1 aliphatic heterocycles. The summed E-state index contributed by atoms with van der Waals surface area (Å²) in [5.74, 6) is 1.19. The zero-order valence-corrected chi connectivity index (χ0v) is 11.3. The second-order valence-electron chi connectivity index (χ2n) is 5.57. The molecular formula is C13H26N2O2. The fourth-order valence-electron chi connectivity index (χ4n) is 2.60. The summed E-state index contributed by atoms with van der Waals surface area (Å²) in [6.45, 7) is 8.31. The molecule has 0 aliphatic carbocycles. The van der Waals surface area contributed by atoms with Crippen LogP contribution >= 0.6 is 0 Å². The molecule has 1 rings (SSSR count). The first kappa shape index (κ1) is 14.3. The highest BCUT2D eigenvalue weighted by molar-refractivity contribution is 5.74. The molecule has 0 bridgehead atoms. The third-order valence-electron chi connectivity index (χ3n) is 3.32. The molecule has 1 aliphatic rings. The van der Waals surface area contributed by atoms with Gasteiger partial charge in [-0.15, -0.1) is 0 Å². The molecule has 4 heteroatoms. The van der Waals surface area contributed by atoms with E-state index in [2.05, 4.69) is 19.2 Å². The van der Waals surface area contributed by atoms with Crippen molar-refractivity contribution in [1.82, 2.24) is 10.2 Å². The van der Waals surface area contributed by atoms with Crippen LogP contribution in [0.1, 0.15) is 40.0 Å². The fraction of sp³-hybridized carbons (Fsp3) is 0.923. The van der Waals surface area contributed by atoms with E-state index in [1.165, 1.54) is 6.42 Å². The van der Waals surface area contributed by atoms with E-state index in [4.69, 9.17) is 5.11 Å². The quantitative estimate of drug-likeness (QED) is 0.790. The molecule has 3 unspecified atom stereocenters. The maximum Gasteiger partial charge on any atom is 0.317 e. The first-order valence-corrected chi connectivity index (χ1v) is 6.69. The molecule has 17 heavy (non-hydrogen) atoms. The summed E-state index contributed by atoms with van der Waals surface area (Å²) >= 11 is 0. The molecule has 0 aromatic rings. The molecular weight excluding hydrogens is 216 g/mol. The van der Waals surface area contributed by atoms with Crippen molar-refractivity contribution >= 4 is 6.03 Å². The largest absolute Gasteiger partial charge is 0.396 e. The van der Waals surface area contributed by atoms with Crippen LogP contribution in [-0.4, -0.2) is 41.8 Å². The highest BCUT2D eigenvalue weighted by Crippen LogP contribution is 2.20. The summed E-state index contributed by atoms with van der Waals surface area (Å²) in [5, 5.41) is 11.7. The number of rotatable bonds is 4. The van der Waals surface area contributed by atoms with Crippen LogP contribution in [-0.2, 0) is 0 Å². The predicted octanol–water partition coefficient (Wildman–Crippen LogP) is 1.83. The lowest BCUT2D eigenvalue weighted by Crippen LogP contribution is -2.49. The van der Waals surface area contributed by atoms with Gasteiger partial charge in [-0.3, -0.25) is 0 Å². The molecule has 0 spiro atoms. The van der Waals surface area contributed by atoms with E-state index in [0.717, 1.165) is 25.9 Å². The maximum absolute atomic E-state index is 12.0. The van der Waals surface area contributed by atoms with Crippen molar-refractivity contribution in [2.75, 3.05) is 19.7 Å². The number of piperidine rings is 1. The Morgan fingerprint density at radius 2 is 2.00 bits per heavy atom. The van der Waals surface area contributed by atoms with Gasteiger partial charge in [-0.2, -0.15) is 0 Å². The Labute approximate surface area is 104 Å². The van der Waals surface area contributed by atoms with E-state index in [1.54, 1.807) is 0 Å². The van der Waals surface area contributed by atoms with Crippen molar-refractivity contribution in [3.05, 3.63) is 0 Å². The molecule has 0 aromatic heterocycles. The average molecular weight is 242 g/mol. The summed E-state index contributed by atoms with van der Waals surface area (Å²) in [6.07, 6.45) is 2.79. The first-order chi connectivity index (χ1) is 8.02. The number of carbonyl (C=O) groups excluding carboxylic acids is 1. The van der Waals surface area contributed by atoms with Gasteiger partial charge in [0.25, 0.3) is 0 Å². The van der Waals surface area contributed by atoms with Gasteiger partial charge in [0.2, 0.25) is 0 Å². The van der Waals surface area contributed by atoms with Gasteiger partial charge in [0.15, 0.2) is 0 Å². The normalized spacial score (nSPS) is 26.7. The van der Waals surface area contributed by atoms with Crippen LogP contribution in [0, 0.1) is 11.8 Å². The van der Waals surface area contributed by atoms with Crippen molar-refractivity contribution in [3.8, 4) is 0 Å². The Morgan fingerprint density at radius 1 is 1.41 bits per heavy atom. The summed E-state index contributed by atoms with van der Waals surface area (Å²) in [5.41, 5.74) is 0. The molecule has 4 nitrogen and oxygen atoms in total. The molecule has 0 aromatic carbocycles. The maximum atomic E-state index is 12.0. The van der Waals surface area contributed by atoms with Crippen LogP contribution in [0.4, 0.5) is 4.79 Å². The lowest BCUT2D eigenvalue weighted by atomic mass is 9.92. The second kappa shape index (κ2) is 6.84. The Balaban J connectivity index is 2.36. The van der Waals surface area contributed by atoms with E-state index in [-0.39, 0.29) is 18.7 Å². The van der Waals surface area contributed by atoms with Crippen molar-refractivity contribution < 1.29 is 9.90 Å². The predicted molar refractivity (Wildman–Crippen MR) is 68.8 cm³/mol. The van der Waals surface area contributed by atoms with Crippen molar-refractivity contribution in [2.24, 2.45) is 11.8 Å². The van der Waals surface area contributed by atoms with Crippen molar-refractivity contribution in [2.45, 2.75) is 46.1 Å². The monoisotopic (exact) mass is 242 g/mol. The van der Waals surface area contributed by atoms with E-state index < -0.39 is 0 Å². The van der Waals surface area contributed by atoms with Gasteiger partial charge < -0.3 is 15.3 Å². The standard InChI is InChI=1S/C13H26N2O2/c1-10-7-11(2)9-15(8-10)13(17)14-12(3)5-4-6-16/h10-12,16H,4-9H2,1-3H3,(H,14,17). The minimum atomic E-state index is 0.0499. The fourth-order valence-corrected chi connectivity index (χ4v) is 2.60. The lowest BCUT2D eigenvalue weighted by Gasteiger charge is -2.35. The molecule has 2 amide bonds. The Bertz CT molecular complexity index is 236. The number of amides is 2. The van der Waals surface area contributed by atoms with E-state index in [1.807, 2.05) is 11.8 Å². The van der Waals surface area contributed by atoms with Crippen LogP contribution in [0.15, 0.2) is 0 Å². The molecule has 1 fully saturated rings. The van der Waals surface area contributed by atoms with Gasteiger partial charge in [0.1, 0.15) is 0 Å². The van der Waals surface area contributed by atoms with E-state index >= 15 is 0 Å². The summed E-state index contributed by atoms with van der Waals surface area (Å²) in [4.78, 5) is 13.9. The van der Waals surface area contributed by atoms with Gasteiger partial charge >= 0.3 is 6.03 Å². The molecule has 1 saturated heterocycles. The summed E-state index contributed by atoms with van der Waals surface area (Å²) < 4.78 is 0. The minimum Gasteiger partial charge on any atom is -0.396 e. The van der Waals surface area contributed by atoms with Gasteiger partial charge in [-0.1, -0.05) is 13.8 Å². The highest BCUT2D eigenvalue weighted by Gasteiger charge is 2.25. The van der Waals surface area contributed by atoms with Gasteiger partial charge in [0.05, 0.1) is 0 Å². The number of carbonyl (C=O) groups is 1. The number of urea groups is 1. The number of hydrogen-bond donors (Lipinski definition) is 2. The van der Waals surface area contributed by atoms with Crippen LogP contribution in [0.3, 0.4) is 0 Å². The summed E-state index contributed by atoms with van der Waals surface area (Å²) in [7, 11) is 0.